The van der Waals surface area contributed by atoms with Crippen LogP contribution in [0, 0.1) is 24.0 Å². The number of nitrogens with zero attached hydrogens (tertiary/aromatic N) is 2. The molecule has 1 heterocycles. The molecule has 27 heavy (non-hydrogen) atoms. The molecule has 0 radical (unpaired) electrons. The summed E-state index contributed by atoms with van der Waals surface area (Å²) >= 11 is 1.30. The van der Waals surface area contributed by atoms with Crippen LogP contribution >= 0.6 is 11.8 Å². The van der Waals surface area contributed by atoms with Crippen LogP contribution in [0.3, 0.4) is 0 Å². The van der Waals surface area contributed by atoms with Gasteiger partial charge in [-0.3, -0.25) is 19.7 Å². The molecule has 0 bridgehead atoms. The highest BCUT2D eigenvalue weighted by atomic mass is 32.2. The topological polar surface area (TPSA) is 80.5 Å². The van der Waals surface area contributed by atoms with E-state index in [0.29, 0.717) is 27.5 Å². The zero-order valence-corrected chi connectivity index (χ0v) is 16.0. The van der Waals surface area contributed by atoms with Gasteiger partial charge in [0, 0.05) is 12.1 Å². The predicted molar refractivity (Wildman–Crippen MR) is 107 cm³/mol. The van der Waals surface area contributed by atoms with E-state index >= 15 is 0 Å². The number of benzene rings is 2. The average Bonchev–Trinajstić information content (AvgIpc) is 2.88. The van der Waals surface area contributed by atoms with Crippen LogP contribution in [-0.4, -0.2) is 22.5 Å². The van der Waals surface area contributed by atoms with Crippen molar-refractivity contribution in [2.24, 2.45) is 0 Å². The third-order valence-corrected chi connectivity index (χ3v) is 5.40. The van der Waals surface area contributed by atoms with Gasteiger partial charge in [-0.15, -0.1) is 11.8 Å². The predicted octanol–water partition coefficient (Wildman–Crippen LogP) is 4.25. The minimum absolute atomic E-state index is 0.0631. The van der Waals surface area contributed by atoms with E-state index in [1.54, 1.807) is 6.07 Å². The number of anilines is 1. The molecular formula is C20H18N2O4S. The first-order valence-electron chi connectivity index (χ1n) is 8.43. The van der Waals surface area contributed by atoms with Crippen molar-refractivity contribution in [3.63, 3.8) is 0 Å². The van der Waals surface area contributed by atoms with Crippen LogP contribution in [0.4, 0.5) is 11.4 Å². The Bertz CT molecular complexity index is 980. The van der Waals surface area contributed by atoms with Crippen molar-refractivity contribution in [1.82, 2.24) is 0 Å². The number of nitro groups is 1. The van der Waals surface area contributed by atoms with E-state index < -0.39 is 10.8 Å². The Labute approximate surface area is 161 Å². The lowest BCUT2D eigenvalue weighted by Crippen LogP contribution is -2.31. The fourth-order valence-electron chi connectivity index (χ4n) is 2.89. The van der Waals surface area contributed by atoms with Gasteiger partial charge in [0.1, 0.15) is 0 Å². The molecule has 2 aromatic rings. The average molecular weight is 382 g/mol. The maximum absolute atomic E-state index is 13.1. The molecule has 0 N–H and O–H groups in total. The number of non-ortho nitro benzene ring substituents is 1. The largest absolute Gasteiger partial charge is 0.272 e. The van der Waals surface area contributed by atoms with Gasteiger partial charge in [-0.1, -0.05) is 13.0 Å². The van der Waals surface area contributed by atoms with Crippen LogP contribution in [0.2, 0.25) is 0 Å². The van der Waals surface area contributed by atoms with Gasteiger partial charge in [-0.25, -0.2) is 4.90 Å². The smallest absolute Gasteiger partial charge is 0.268 e. The number of carbonyl (C=O) groups is 2. The van der Waals surface area contributed by atoms with Crippen molar-refractivity contribution in [2.75, 3.05) is 10.7 Å². The Balaban J connectivity index is 2.07. The normalized spacial score (nSPS) is 14.3. The van der Waals surface area contributed by atoms with E-state index in [4.69, 9.17) is 0 Å². The second-order valence-electron chi connectivity index (χ2n) is 6.16. The number of thioether (sulfide) groups is 1. The standard InChI is InChI=1S/C20H18N2O4S/c1-4-27-18-17(14-6-9-15(10-7-14)22(25)26)19(23)21(20(18)24)16-8-5-12(2)13(3)11-16/h5-11H,4H2,1-3H3. The summed E-state index contributed by atoms with van der Waals surface area (Å²) in [7, 11) is 0. The summed E-state index contributed by atoms with van der Waals surface area (Å²) in [6.45, 7) is 5.80. The van der Waals surface area contributed by atoms with Crippen molar-refractivity contribution in [3.8, 4) is 0 Å². The van der Waals surface area contributed by atoms with Crippen molar-refractivity contribution in [1.29, 1.82) is 0 Å². The molecule has 0 spiro atoms. The molecule has 6 nitrogen and oxygen atoms in total. The van der Waals surface area contributed by atoms with E-state index in [2.05, 4.69) is 0 Å². The number of hydrogen-bond acceptors (Lipinski definition) is 5. The number of amides is 2. The highest BCUT2D eigenvalue weighted by Crippen LogP contribution is 2.39. The van der Waals surface area contributed by atoms with Gasteiger partial charge in [0.15, 0.2) is 0 Å². The van der Waals surface area contributed by atoms with E-state index in [-0.39, 0.29) is 11.6 Å². The third-order valence-electron chi connectivity index (χ3n) is 4.45. The molecule has 7 heteroatoms. The van der Waals surface area contributed by atoms with Gasteiger partial charge in [-0.05, 0) is 60.6 Å². The summed E-state index contributed by atoms with van der Waals surface area (Å²) in [5, 5.41) is 10.9. The second kappa shape index (κ2) is 7.36. The van der Waals surface area contributed by atoms with Crippen molar-refractivity contribution in [3.05, 3.63) is 74.2 Å². The van der Waals surface area contributed by atoms with Gasteiger partial charge in [0.25, 0.3) is 17.5 Å². The van der Waals surface area contributed by atoms with Gasteiger partial charge < -0.3 is 0 Å². The lowest BCUT2D eigenvalue weighted by molar-refractivity contribution is -0.384. The molecule has 1 aliphatic rings. The Morgan fingerprint density at radius 1 is 1.00 bits per heavy atom. The summed E-state index contributed by atoms with van der Waals surface area (Å²) < 4.78 is 0. The van der Waals surface area contributed by atoms with Crippen molar-refractivity contribution < 1.29 is 14.5 Å². The number of hydrogen-bond donors (Lipinski definition) is 0. The fourth-order valence-corrected chi connectivity index (χ4v) is 3.74. The molecule has 138 valence electrons. The first-order valence-corrected chi connectivity index (χ1v) is 9.41. The molecular weight excluding hydrogens is 364 g/mol. The van der Waals surface area contributed by atoms with Crippen LogP contribution < -0.4 is 4.90 Å². The molecule has 0 atom stereocenters. The lowest BCUT2D eigenvalue weighted by atomic mass is 10.1. The summed E-state index contributed by atoms with van der Waals surface area (Å²) in [6.07, 6.45) is 0. The molecule has 0 aromatic heterocycles. The van der Waals surface area contributed by atoms with Crippen LogP contribution in [0.15, 0.2) is 47.4 Å². The maximum atomic E-state index is 13.1. The Hall–Kier alpha value is -2.93. The molecule has 3 rings (SSSR count). The van der Waals surface area contributed by atoms with Gasteiger partial charge >= 0.3 is 0 Å². The number of rotatable bonds is 5. The summed E-state index contributed by atoms with van der Waals surface area (Å²) in [5.74, 6) is -0.137. The van der Waals surface area contributed by atoms with Crippen LogP contribution in [0.5, 0.6) is 0 Å². The van der Waals surface area contributed by atoms with E-state index in [9.17, 15) is 19.7 Å². The summed E-state index contributed by atoms with van der Waals surface area (Å²) in [5.41, 5.74) is 3.32. The SMILES string of the molecule is CCSC1=C(c2ccc([N+](=O)[O-])cc2)C(=O)N(c2ccc(C)c(C)c2)C1=O. The number of imide groups is 1. The molecule has 2 amide bonds. The minimum atomic E-state index is -0.497. The number of carbonyl (C=O) groups excluding carboxylic acids is 2. The summed E-state index contributed by atoms with van der Waals surface area (Å²) in [4.78, 5) is 38.0. The third kappa shape index (κ3) is 3.38. The van der Waals surface area contributed by atoms with Gasteiger partial charge in [0.05, 0.1) is 21.1 Å². The monoisotopic (exact) mass is 382 g/mol. The van der Waals surface area contributed by atoms with Crippen molar-refractivity contribution in [2.45, 2.75) is 20.8 Å². The van der Waals surface area contributed by atoms with Crippen LogP contribution in [-0.2, 0) is 9.59 Å². The maximum Gasteiger partial charge on any atom is 0.272 e. The number of aryl methyl sites for hydroxylation is 2. The van der Waals surface area contributed by atoms with Crippen LogP contribution in [0.25, 0.3) is 5.57 Å². The molecule has 1 aliphatic heterocycles. The van der Waals surface area contributed by atoms with E-state index in [1.165, 1.54) is 40.9 Å². The van der Waals surface area contributed by atoms with E-state index in [1.807, 2.05) is 32.9 Å². The quantitative estimate of drug-likeness (QED) is 0.439. The number of nitro benzene ring substituents is 1. The zero-order chi connectivity index (χ0) is 19.7. The minimum Gasteiger partial charge on any atom is -0.268 e. The highest BCUT2D eigenvalue weighted by Gasteiger charge is 2.40. The molecule has 0 fully saturated rings. The van der Waals surface area contributed by atoms with Gasteiger partial charge in [0.2, 0.25) is 0 Å². The lowest BCUT2D eigenvalue weighted by Gasteiger charge is -2.16. The van der Waals surface area contributed by atoms with Crippen molar-refractivity contribution >= 4 is 40.5 Å². The first-order chi connectivity index (χ1) is 12.8. The molecule has 0 saturated carbocycles. The Morgan fingerprint density at radius 2 is 1.67 bits per heavy atom. The molecule has 0 saturated heterocycles. The summed E-state index contributed by atoms with van der Waals surface area (Å²) in [6, 6.07) is 11.2. The zero-order valence-electron chi connectivity index (χ0n) is 15.2. The van der Waals surface area contributed by atoms with E-state index in [0.717, 1.165) is 11.1 Å². The Kier molecular flexibility index (Phi) is 5.14. The first kappa shape index (κ1) is 18.8. The molecule has 0 unspecified atom stereocenters. The fraction of sp³-hybridized carbons (Fsp3) is 0.200. The highest BCUT2D eigenvalue weighted by molar-refractivity contribution is 8.04. The van der Waals surface area contributed by atoms with Crippen LogP contribution in [0.1, 0.15) is 23.6 Å². The Morgan fingerprint density at radius 3 is 2.22 bits per heavy atom. The molecule has 2 aromatic carbocycles. The van der Waals surface area contributed by atoms with Gasteiger partial charge in [-0.2, -0.15) is 0 Å². The second-order valence-corrected chi connectivity index (χ2v) is 7.43. The molecule has 0 aliphatic carbocycles.